The van der Waals surface area contributed by atoms with Crippen LogP contribution in [0.3, 0.4) is 0 Å². The van der Waals surface area contributed by atoms with Crippen molar-refractivity contribution in [3.8, 4) is 11.5 Å². The number of nitrogens with zero attached hydrogens (tertiary/aromatic N) is 4. The molecule has 0 radical (unpaired) electrons. The lowest BCUT2D eigenvalue weighted by atomic mass is 10.2. The maximum absolute atomic E-state index is 5.59. The normalized spacial score (nSPS) is 18.3. The summed E-state index contributed by atoms with van der Waals surface area (Å²) in [4.78, 5) is 11.6. The Hall–Kier alpha value is -2.40. The van der Waals surface area contributed by atoms with E-state index < -0.39 is 0 Å². The van der Waals surface area contributed by atoms with E-state index in [0.717, 1.165) is 43.5 Å². The SMILES string of the molecule is CC(C)c1nc(-c2nccn2C2CCN(Cc3ccccc3)C2)co1. The van der Waals surface area contributed by atoms with Crippen LogP contribution in [0.2, 0.25) is 0 Å². The second kappa shape index (κ2) is 6.84. The maximum atomic E-state index is 5.59. The summed E-state index contributed by atoms with van der Waals surface area (Å²) in [5.74, 6) is 1.95. The Labute approximate surface area is 148 Å². The molecule has 3 aromatic rings. The smallest absolute Gasteiger partial charge is 0.197 e. The van der Waals surface area contributed by atoms with Gasteiger partial charge in [0.05, 0.1) is 0 Å². The zero-order chi connectivity index (χ0) is 17.2. The molecule has 3 heterocycles. The predicted octanol–water partition coefficient (Wildman–Crippen LogP) is 4.11. The number of aromatic nitrogens is 3. The third-order valence-corrected chi connectivity index (χ3v) is 4.80. The van der Waals surface area contributed by atoms with Crippen LogP contribution in [0.4, 0.5) is 0 Å². The lowest BCUT2D eigenvalue weighted by Crippen LogP contribution is -2.21. The van der Waals surface area contributed by atoms with Crippen LogP contribution in [0.25, 0.3) is 11.5 Å². The summed E-state index contributed by atoms with van der Waals surface area (Å²) in [5, 5.41) is 0. The fourth-order valence-corrected chi connectivity index (χ4v) is 3.49. The van der Waals surface area contributed by atoms with Crippen LogP contribution in [-0.2, 0) is 6.54 Å². The van der Waals surface area contributed by atoms with Gasteiger partial charge in [0, 0.05) is 44.0 Å². The van der Waals surface area contributed by atoms with E-state index in [4.69, 9.17) is 4.42 Å². The summed E-state index contributed by atoms with van der Waals surface area (Å²) in [7, 11) is 0. The van der Waals surface area contributed by atoms with Gasteiger partial charge in [-0.2, -0.15) is 0 Å². The molecule has 5 heteroatoms. The lowest BCUT2D eigenvalue weighted by molar-refractivity contribution is 0.316. The summed E-state index contributed by atoms with van der Waals surface area (Å²) >= 11 is 0. The molecule has 1 atom stereocenters. The number of oxazole rings is 1. The number of hydrogen-bond acceptors (Lipinski definition) is 4. The van der Waals surface area contributed by atoms with E-state index in [0.29, 0.717) is 6.04 Å². The molecule has 1 saturated heterocycles. The first-order valence-corrected chi connectivity index (χ1v) is 8.95. The number of likely N-dealkylation sites (tertiary alicyclic amines) is 1. The molecule has 1 unspecified atom stereocenters. The highest BCUT2D eigenvalue weighted by atomic mass is 16.3. The van der Waals surface area contributed by atoms with Crippen LogP contribution in [0.15, 0.2) is 53.4 Å². The summed E-state index contributed by atoms with van der Waals surface area (Å²) in [6, 6.07) is 11.1. The molecule has 2 aromatic heterocycles. The number of hydrogen-bond donors (Lipinski definition) is 0. The van der Waals surface area contributed by atoms with Gasteiger partial charge in [0.2, 0.25) is 0 Å². The molecule has 0 spiro atoms. The standard InChI is InChI=1S/C20H24N4O/c1-15(2)20-22-18(14-25-20)19-21-9-11-24(19)17-8-10-23(13-17)12-16-6-4-3-5-7-16/h3-7,9,11,14-15,17H,8,10,12-13H2,1-2H3. The summed E-state index contributed by atoms with van der Waals surface area (Å²) < 4.78 is 7.85. The Kier molecular flexibility index (Phi) is 4.40. The van der Waals surface area contributed by atoms with Crippen molar-refractivity contribution in [2.45, 2.75) is 38.8 Å². The van der Waals surface area contributed by atoms with Crippen molar-refractivity contribution in [1.82, 2.24) is 19.4 Å². The summed E-state index contributed by atoms with van der Waals surface area (Å²) in [5.41, 5.74) is 2.20. The monoisotopic (exact) mass is 336 g/mol. The Bertz CT molecular complexity index is 821. The highest BCUT2D eigenvalue weighted by Crippen LogP contribution is 2.28. The number of imidazole rings is 1. The molecule has 0 bridgehead atoms. The van der Waals surface area contributed by atoms with Gasteiger partial charge < -0.3 is 8.98 Å². The number of benzene rings is 1. The fraction of sp³-hybridized carbons (Fsp3) is 0.400. The molecule has 0 N–H and O–H groups in total. The lowest BCUT2D eigenvalue weighted by Gasteiger charge is -2.17. The van der Waals surface area contributed by atoms with E-state index in [9.17, 15) is 0 Å². The van der Waals surface area contributed by atoms with Crippen LogP contribution in [0, 0.1) is 0 Å². The molecule has 1 aromatic carbocycles. The van der Waals surface area contributed by atoms with E-state index in [1.54, 1.807) is 6.26 Å². The van der Waals surface area contributed by atoms with Crippen LogP contribution < -0.4 is 0 Å². The van der Waals surface area contributed by atoms with Crippen molar-refractivity contribution in [2.24, 2.45) is 0 Å². The zero-order valence-electron chi connectivity index (χ0n) is 14.8. The highest BCUT2D eigenvalue weighted by molar-refractivity contribution is 5.48. The van der Waals surface area contributed by atoms with Gasteiger partial charge in [0.1, 0.15) is 12.0 Å². The minimum Gasteiger partial charge on any atom is -0.448 e. The topological polar surface area (TPSA) is 47.1 Å². The molecule has 4 rings (SSSR count). The Balaban J connectivity index is 1.49. The molecular weight excluding hydrogens is 312 g/mol. The highest BCUT2D eigenvalue weighted by Gasteiger charge is 2.26. The second-order valence-corrected chi connectivity index (χ2v) is 7.05. The van der Waals surface area contributed by atoms with Gasteiger partial charge in [-0.25, -0.2) is 9.97 Å². The van der Waals surface area contributed by atoms with Gasteiger partial charge in [-0.3, -0.25) is 4.90 Å². The van der Waals surface area contributed by atoms with Gasteiger partial charge in [0.25, 0.3) is 0 Å². The summed E-state index contributed by atoms with van der Waals surface area (Å²) in [6.45, 7) is 7.31. The Morgan fingerprint density at radius 3 is 2.84 bits per heavy atom. The average Bonchev–Trinajstić information content (AvgIpc) is 3.35. The molecular formula is C20H24N4O. The summed E-state index contributed by atoms with van der Waals surface area (Å²) in [6.07, 6.45) is 6.78. The van der Waals surface area contributed by atoms with Crippen LogP contribution in [0.1, 0.15) is 43.7 Å². The van der Waals surface area contributed by atoms with E-state index >= 15 is 0 Å². The maximum Gasteiger partial charge on any atom is 0.197 e. The largest absolute Gasteiger partial charge is 0.448 e. The first-order valence-electron chi connectivity index (χ1n) is 8.95. The van der Waals surface area contributed by atoms with Gasteiger partial charge in [0.15, 0.2) is 11.7 Å². The number of rotatable bonds is 5. The Morgan fingerprint density at radius 2 is 2.08 bits per heavy atom. The van der Waals surface area contributed by atoms with Crippen molar-refractivity contribution in [3.63, 3.8) is 0 Å². The molecule has 25 heavy (non-hydrogen) atoms. The molecule has 1 aliphatic rings. The first kappa shape index (κ1) is 16.1. The van der Waals surface area contributed by atoms with Crippen LogP contribution in [-0.4, -0.2) is 32.5 Å². The first-order chi connectivity index (χ1) is 12.2. The van der Waals surface area contributed by atoms with Gasteiger partial charge in [-0.05, 0) is 12.0 Å². The van der Waals surface area contributed by atoms with E-state index in [-0.39, 0.29) is 5.92 Å². The van der Waals surface area contributed by atoms with Crippen molar-refractivity contribution in [2.75, 3.05) is 13.1 Å². The Morgan fingerprint density at radius 1 is 1.24 bits per heavy atom. The van der Waals surface area contributed by atoms with Gasteiger partial charge >= 0.3 is 0 Å². The molecule has 0 amide bonds. The molecule has 5 nitrogen and oxygen atoms in total. The van der Waals surface area contributed by atoms with Crippen molar-refractivity contribution in [1.29, 1.82) is 0 Å². The van der Waals surface area contributed by atoms with E-state index in [2.05, 4.69) is 69.8 Å². The fourth-order valence-electron chi connectivity index (χ4n) is 3.49. The predicted molar refractivity (Wildman–Crippen MR) is 97.2 cm³/mol. The zero-order valence-corrected chi connectivity index (χ0v) is 14.8. The van der Waals surface area contributed by atoms with Crippen molar-refractivity contribution >= 4 is 0 Å². The third kappa shape index (κ3) is 3.37. The minimum absolute atomic E-state index is 0.282. The van der Waals surface area contributed by atoms with Gasteiger partial charge in [-0.15, -0.1) is 0 Å². The quantitative estimate of drug-likeness (QED) is 0.703. The second-order valence-electron chi connectivity index (χ2n) is 7.05. The molecule has 1 fully saturated rings. The third-order valence-electron chi connectivity index (χ3n) is 4.80. The van der Waals surface area contributed by atoms with Crippen molar-refractivity contribution in [3.05, 3.63) is 60.4 Å². The average molecular weight is 336 g/mol. The van der Waals surface area contributed by atoms with Gasteiger partial charge in [-0.1, -0.05) is 44.2 Å². The molecule has 1 aliphatic heterocycles. The molecule has 130 valence electrons. The van der Waals surface area contributed by atoms with E-state index in [1.165, 1.54) is 5.56 Å². The molecule has 0 saturated carbocycles. The van der Waals surface area contributed by atoms with Crippen LogP contribution >= 0.6 is 0 Å². The molecule has 0 aliphatic carbocycles. The van der Waals surface area contributed by atoms with E-state index in [1.807, 2.05) is 6.20 Å². The van der Waals surface area contributed by atoms with Crippen molar-refractivity contribution < 1.29 is 4.42 Å². The van der Waals surface area contributed by atoms with Crippen LogP contribution in [0.5, 0.6) is 0 Å². The minimum atomic E-state index is 0.282.